The second-order valence-corrected chi connectivity index (χ2v) is 4.15. The van der Waals surface area contributed by atoms with E-state index in [1.54, 1.807) is 0 Å². The zero-order valence-corrected chi connectivity index (χ0v) is 10.9. The normalized spacial score (nSPS) is 11.2. The number of alkyl halides is 1. The number of nitrogens with one attached hydrogen (secondary N) is 1. The van der Waals surface area contributed by atoms with Gasteiger partial charge in [-0.2, -0.15) is 5.10 Å². The molecule has 4 nitrogen and oxygen atoms in total. The molecule has 0 aliphatic heterocycles. The average Bonchev–Trinajstić information content (AvgIpc) is 2.21. The van der Waals surface area contributed by atoms with Crippen LogP contribution in [0.4, 0.5) is 4.79 Å². The number of carbonyl (C=O) groups is 1. The predicted molar refractivity (Wildman–Crippen MR) is 67.2 cm³/mol. The molecule has 0 saturated heterocycles. The summed E-state index contributed by atoms with van der Waals surface area (Å²) < 4.78 is 0.989. The summed E-state index contributed by atoms with van der Waals surface area (Å²) in [4.78, 5) is 10.5. The van der Waals surface area contributed by atoms with Crippen molar-refractivity contribution >= 4 is 43.6 Å². The van der Waals surface area contributed by atoms with Crippen molar-refractivity contribution in [3.63, 3.8) is 0 Å². The van der Waals surface area contributed by atoms with E-state index in [1.165, 1.54) is 0 Å². The van der Waals surface area contributed by atoms with Crippen molar-refractivity contribution in [2.45, 2.75) is 0 Å². The molecular weight excluding hydrogens is 326 g/mol. The van der Waals surface area contributed by atoms with E-state index in [0.717, 1.165) is 10.0 Å². The van der Waals surface area contributed by atoms with Gasteiger partial charge in [-0.1, -0.05) is 44.0 Å². The third kappa shape index (κ3) is 4.01. The molecule has 1 aromatic carbocycles. The van der Waals surface area contributed by atoms with Crippen molar-refractivity contribution in [2.75, 3.05) is 5.33 Å². The van der Waals surface area contributed by atoms with Crippen molar-refractivity contribution in [1.82, 2.24) is 5.43 Å². The van der Waals surface area contributed by atoms with Crippen molar-refractivity contribution in [1.29, 1.82) is 0 Å². The molecule has 80 valence electrons. The molecule has 0 radical (unpaired) electrons. The number of nitrogens with two attached hydrogens (primary N) is 1. The Kier molecular flexibility index (Phi) is 4.77. The van der Waals surface area contributed by atoms with E-state index < -0.39 is 6.03 Å². The molecule has 0 unspecified atom stereocenters. The topological polar surface area (TPSA) is 67.5 Å². The molecule has 0 aromatic heterocycles. The van der Waals surface area contributed by atoms with Crippen LogP contribution in [0.5, 0.6) is 0 Å². The molecule has 1 aromatic rings. The highest BCUT2D eigenvalue weighted by molar-refractivity contribution is 9.10. The van der Waals surface area contributed by atoms with Crippen molar-refractivity contribution in [2.24, 2.45) is 10.8 Å². The molecule has 0 atom stereocenters. The number of rotatable bonds is 3. The van der Waals surface area contributed by atoms with Gasteiger partial charge < -0.3 is 5.73 Å². The van der Waals surface area contributed by atoms with Crippen LogP contribution in [0.3, 0.4) is 0 Å². The Balaban J connectivity index is 2.87. The Bertz CT molecular complexity index is 375. The number of hydrogen-bond donors (Lipinski definition) is 2. The molecule has 0 spiro atoms. The summed E-state index contributed by atoms with van der Waals surface area (Å²) in [6.45, 7) is 0. The van der Waals surface area contributed by atoms with Crippen LogP contribution in [-0.4, -0.2) is 17.1 Å². The fraction of sp³-hybridized carbons (Fsp3) is 0.111. The van der Waals surface area contributed by atoms with Crippen LogP contribution in [0.25, 0.3) is 0 Å². The molecule has 2 amide bonds. The fourth-order valence-electron chi connectivity index (χ4n) is 0.936. The number of urea groups is 1. The summed E-state index contributed by atoms with van der Waals surface area (Å²) in [6.07, 6.45) is 0. The van der Waals surface area contributed by atoms with E-state index in [2.05, 4.69) is 42.4 Å². The van der Waals surface area contributed by atoms with Crippen LogP contribution >= 0.6 is 31.9 Å². The van der Waals surface area contributed by atoms with Gasteiger partial charge in [-0.05, 0) is 17.7 Å². The van der Waals surface area contributed by atoms with E-state index in [4.69, 9.17) is 5.73 Å². The van der Waals surface area contributed by atoms with Crippen LogP contribution in [0.2, 0.25) is 0 Å². The highest BCUT2D eigenvalue weighted by Gasteiger charge is 2.02. The minimum Gasteiger partial charge on any atom is -0.350 e. The van der Waals surface area contributed by atoms with Gasteiger partial charge in [-0.3, -0.25) is 0 Å². The smallest absolute Gasteiger partial charge is 0.332 e. The van der Waals surface area contributed by atoms with E-state index in [-0.39, 0.29) is 0 Å². The van der Waals surface area contributed by atoms with Gasteiger partial charge in [-0.25, -0.2) is 10.2 Å². The molecular formula is C9H9Br2N3O. The Hall–Kier alpha value is -0.880. The summed E-state index contributed by atoms with van der Waals surface area (Å²) >= 11 is 6.62. The van der Waals surface area contributed by atoms with Gasteiger partial charge in [0.05, 0.1) is 5.71 Å². The number of carbonyl (C=O) groups excluding carboxylic acids is 1. The second kappa shape index (κ2) is 5.87. The van der Waals surface area contributed by atoms with Gasteiger partial charge in [0, 0.05) is 9.80 Å². The summed E-state index contributed by atoms with van der Waals surface area (Å²) in [6, 6.07) is 6.92. The maximum absolute atomic E-state index is 10.5. The molecule has 6 heteroatoms. The lowest BCUT2D eigenvalue weighted by Crippen LogP contribution is -2.26. The molecule has 0 aliphatic rings. The van der Waals surface area contributed by atoms with Crippen LogP contribution in [0.1, 0.15) is 5.56 Å². The standard InChI is InChI=1S/C9H9Br2N3O/c10-5-8(13-14-9(12)15)6-1-3-7(11)4-2-6/h1-4H,5H2,(H3,12,14,15). The van der Waals surface area contributed by atoms with E-state index in [0.29, 0.717) is 11.0 Å². The SMILES string of the molecule is NC(=O)NN=C(CBr)c1ccc(Br)cc1. The van der Waals surface area contributed by atoms with E-state index in [9.17, 15) is 4.79 Å². The van der Waals surface area contributed by atoms with Gasteiger partial charge in [0.1, 0.15) is 0 Å². The zero-order chi connectivity index (χ0) is 11.3. The number of halogens is 2. The van der Waals surface area contributed by atoms with Gasteiger partial charge in [0.25, 0.3) is 0 Å². The van der Waals surface area contributed by atoms with Crippen LogP contribution in [0.15, 0.2) is 33.8 Å². The van der Waals surface area contributed by atoms with Gasteiger partial charge >= 0.3 is 6.03 Å². The van der Waals surface area contributed by atoms with Gasteiger partial charge in [-0.15, -0.1) is 0 Å². The fourth-order valence-corrected chi connectivity index (χ4v) is 1.65. The molecule has 3 N–H and O–H groups in total. The molecule has 15 heavy (non-hydrogen) atoms. The molecule has 0 aliphatic carbocycles. The maximum atomic E-state index is 10.5. The third-order valence-corrected chi connectivity index (χ3v) is 2.66. The lowest BCUT2D eigenvalue weighted by atomic mass is 10.1. The first kappa shape index (κ1) is 12.2. The Labute approximate surface area is 104 Å². The van der Waals surface area contributed by atoms with Crippen molar-refractivity contribution < 1.29 is 4.79 Å². The average molecular weight is 335 g/mol. The summed E-state index contributed by atoms with van der Waals surface area (Å²) in [7, 11) is 0. The lowest BCUT2D eigenvalue weighted by Gasteiger charge is -2.03. The summed E-state index contributed by atoms with van der Waals surface area (Å²) in [5.41, 5.74) is 8.74. The summed E-state index contributed by atoms with van der Waals surface area (Å²) in [5, 5.41) is 4.41. The first-order chi connectivity index (χ1) is 7.13. The Morgan fingerprint density at radius 1 is 1.40 bits per heavy atom. The first-order valence-electron chi connectivity index (χ1n) is 4.07. The number of benzene rings is 1. The number of primary amides is 1. The minimum atomic E-state index is -0.675. The second-order valence-electron chi connectivity index (χ2n) is 2.68. The van der Waals surface area contributed by atoms with Gasteiger partial charge in [0.2, 0.25) is 0 Å². The predicted octanol–water partition coefficient (Wildman–Crippen LogP) is 2.22. The van der Waals surface area contributed by atoms with Gasteiger partial charge in [0.15, 0.2) is 0 Å². The van der Waals surface area contributed by atoms with Crippen molar-refractivity contribution in [3.8, 4) is 0 Å². The largest absolute Gasteiger partial charge is 0.350 e. The molecule has 0 saturated carbocycles. The highest BCUT2D eigenvalue weighted by Crippen LogP contribution is 2.11. The first-order valence-corrected chi connectivity index (χ1v) is 5.99. The van der Waals surface area contributed by atoms with Crippen LogP contribution in [0, 0.1) is 0 Å². The number of hydrogen-bond acceptors (Lipinski definition) is 2. The number of hydrazone groups is 1. The van der Waals surface area contributed by atoms with Crippen LogP contribution in [-0.2, 0) is 0 Å². The maximum Gasteiger partial charge on any atom is 0.332 e. The Morgan fingerprint density at radius 2 is 2.00 bits per heavy atom. The molecule has 0 bridgehead atoms. The quantitative estimate of drug-likeness (QED) is 0.496. The van der Waals surface area contributed by atoms with Crippen LogP contribution < -0.4 is 11.2 Å². The lowest BCUT2D eigenvalue weighted by molar-refractivity contribution is 0.249. The van der Waals surface area contributed by atoms with E-state index >= 15 is 0 Å². The molecule has 0 heterocycles. The summed E-state index contributed by atoms with van der Waals surface area (Å²) in [5.74, 6) is 0. The highest BCUT2D eigenvalue weighted by atomic mass is 79.9. The van der Waals surface area contributed by atoms with Crippen molar-refractivity contribution in [3.05, 3.63) is 34.3 Å². The molecule has 1 rings (SSSR count). The monoisotopic (exact) mass is 333 g/mol. The number of amides is 2. The molecule has 0 fully saturated rings. The number of nitrogens with zero attached hydrogens (tertiary/aromatic N) is 1. The zero-order valence-electron chi connectivity index (χ0n) is 7.71. The van der Waals surface area contributed by atoms with E-state index in [1.807, 2.05) is 24.3 Å². The minimum absolute atomic E-state index is 0.537. The third-order valence-electron chi connectivity index (χ3n) is 1.61. The Morgan fingerprint density at radius 3 is 2.47 bits per heavy atom.